The third-order valence-electron chi connectivity index (χ3n) is 2.79. The number of aliphatic carboxylic acids is 1. The van der Waals surface area contributed by atoms with Crippen molar-refractivity contribution in [3.63, 3.8) is 0 Å². The SMILES string of the molecule is CC(C)CCCNC(=O)N(CC(=O)O)C1CC1. The first-order chi connectivity index (χ1) is 8.00. The molecule has 0 aliphatic heterocycles. The highest BCUT2D eigenvalue weighted by Crippen LogP contribution is 2.26. The Morgan fingerprint density at radius 2 is 2.06 bits per heavy atom. The molecular weight excluding hydrogens is 220 g/mol. The molecule has 5 nitrogen and oxygen atoms in total. The Morgan fingerprint density at radius 3 is 2.53 bits per heavy atom. The van der Waals surface area contributed by atoms with E-state index in [2.05, 4.69) is 19.2 Å². The van der Waals surface area contributed by atoms with Crippen molar-refractivity contribution in [1.29, 1.82) is 0 Å². The lowest BCUT2D eigenvalue weighted by Crippen LogP contribution is -2.44. The van der Waals surface area contributed by atoms with Crippen molar-refractivity contribution in [2.45, 2.75) is 45.6 Å². The number of hydrogen-bond acceptors (Lipinski definition) is 2. The molecule has 1 fully saturated rings. The fourth-order valence-electron chi connectivity index (χ4n) is 1.71. The molecule has 2 N–H and O–H groups in total. The monoisotopic (exact) mass is 242 g/mol. The number of rotatable bonds is 7. The van der Waals surface area contributed by atoms with Gasteiger partial charge in [0.2, 0.25) is 0 Å². The predicted octanol–water partition coefficient (Wildman–Crippen LogP) is 1.68. The Hall–Kier alpha value is -1.26. The molecule has 1 aliphatic carbocycles. The minimum atomic E-state index is -0.950. The van der Waals surface area contributed by atoms with Gasteiger partial charge in [-0.15, -0.1) is 0 Å². The van der Waals surface area contributed by atoms with Crippen molar-refractivity contribution in [2.24, 2.45) is 5.92 Å². The van der Waals surface area contributed by atoms with Gasteiger partial charge in [-0.05, 0) is 31.6 Å². The van der Waals surface area contributed by atoms with Crippen LogP contribution in [0.25, 0.3) is 0 Å². The fraction of sp³-hybridized carbons (Fsp3) is 0.833. The standard InChI is InChI=1S/C12H22N2O3/c1-9(2)4-3-7-13-12(17)14(8-11(15)16)10-5-6-10/h9-10H,3-8H2,1-2H3,(H,13,17)(H,15,16). The van der Waals surface area contributed by atoms with Crippen LogP contribution < -0.4 is 5.32 Å². The molecule has 0 radical (unpaired) electrons. The summed E-state index contributed by atoms with van der Waals surface area (Å²) in [7, 11) is 0. The molecule has 0 saturated heterocycles. The third-order valence-corrected chi connectivity index (χ3v) is 2.79. The number of carbonyl (C=O) groups excluding carboxylic acids is 1. The molecule has 0 aromatic rings. The van der Waals surface area contributed by atoms with Gasteiger partial charge in [-0.25, -0.2) is 4.79 Å². The molecule has 0 heterocycles. The molecule has 1 saturated carbocycles. The number of amides is 2. The second kappa shape index (κ2) is 6.47. The zero-order chi connectivity index (χ0) is 12.8. The minimum Gasteiger partial charge on any atom is -0.480 e. The highest BCUT2D eigenvalue weighted by molar-refractivity contribution is 5.80. The van der Waals surface area contributed by atoms with Crippen molar-refractivity contribution in [3.05, 3.63) is 0 Å². The number of carboxylic acid groups (broad SMARTS) is 1. The number of nitrogens with one attached hydrogen (secondary N) is 1. The van der Waals surface area contributed by atoms with E-state index in [1.165, 1.54) is 4.90 Å². The van der Waals surface area contributed by atoms with Gasteiger partial charge < -0.3 is 15.3 Å². The minimum absolute atomic E-state index is 0.135. The molecule has 1 aliphatic rings. The van der Waals surface area contributed by atoms with Crippen LogP contribution >= 0.6 is 0 Å². The Balaban J connectivity index is 2.25. The summed E-state index contributed by atoms with van der Waals surface area (Å²) in [6, 6.07) is -0.102. The number of hydrogen-bond donors (Lipinski definition) is 2. The van der Waals surface area contributed by atoms with E-state index in [-0.39, 0.29) is 18.6 Å². The second-order valence-corrected chi connectivity index (χ2v) is 5.02. The van der Waals surface area contributed by atoms with Crippen LogP contribution in [0.5, 0.6) is 0 Å². The van der Waals surface area contributed by atoms with Crippen molar-refractivity contribution in [2.75, 3.05) is 13.1 Å². The van der Waals surface area contributed by atoms with E-state index in [0.717, 1.165) is 25.7 Å². The van der Waals surface area contributed by atoms with Crippen molar-refractivity contribution in [3.8, 4) is 0 Å². The van der Waals surface area contributed by atoms with Crippen LogP contribution in [0.2, 0.25) is 0 Å². The van der Waals surface area contributed by atoms with Gasteiger partial charge in [-0.3, -0.25) is 4.79 Å². The van der Waals surface area contributed by atoms with Gasteiger partial charge in [0.15, 0.2) is 0 Å². The summed E-state index contributed by atoms with van der Waals surface area (Å²) in [5, 5.41) is 11.5. The summed E-state index contributed by atoms with van der Waals surface area (Å²) in [6.07, 6.45) is 3.86. The van der Waals surface area contributed by atoms with Crippen LogP contribution in [-0.2, 0) is 4.79 Å². The van der Waals surface area contributed by atoms with Crippen LogP contribution in [0.4, 0.5) is 4.79 Å². The molecule has 0 unspecified atom stereocenters. The molecule has 98 valence electrons. The van der Waals surface area contributed by atoms with E-state index in [1.807, 2.05) is 0 Å². The van der Waals surface area contributed by atoms with Crippen molar-refractivity contribution < 1.29 is 14.7 Å². The zero-order valence-corrected chi connectivity index (χ0v) is 10.6. The first-order valence-electron chi connectivity index (χ1n) is 6.27. The molecule has 1 rings (SSSR count). The summed E-state index contributed by atoms with van der Waals surface area (Å²) in [6.45, 7) is 4.71. The Bertz CT molecular complexity index is 275. The van der Waals surface area contributed by atoms with Gasteiger partial charge in [-0.1, -0.05) is 13.8 Å². The molecule has 5 heteroatoms. The zero-order valence-electron chi connectivity index (χ0n) is 10.6. The summed E-state index contributed by atoms with van der Waals surface area (Å²) in [4.78, 5) is 23.8. The topological polar surface area (TPSA) is 69.6 Å². The molecule has 0 aromatic carbocycles. The predicted molar refractivity (Wildman–Crippen MR) is 64.8 cm³/mol. The van der Waals surface area contributed by atoms with Crippen LogP contribution in [0.1, 0.15) is 39.5 Å². The molecule has 2 amide bonds. The lowest BCUT2D eigenvalue weighted by atomic mass is 10.1. The highest BCUT2D eigenvalue weighted by atomic mass is 16.4. The van der Waals surface area contributed by atoms with E-state index in [4.69, 9.17) is 5.11 Å². The Kier molecular flexibility index (Phi) is 5.25. The van der Waals surface area contributed by atoms with Crippen LogP contribution in [0.15, 0.2) is 0 Å². The third kappa shape index (κ3) is 5.56. The molecule has 0 atom stereocenters. The molecular formula is C12H22N2O3. The van der Waals surface area contributed by atoms with Gasteiger partial charge in [0.05, 0.1) is 0 Å². The van der Waals surface area contributed by atoms with E-state index in [9.17, 15) is 9.59 Å². The number of carboxylic acids is 1. The maximum Gasteiger partial charge on any atom is 0.323 e. The lowest BCUT2D eigenvalue weighted by Gasteiger charge is -2.20. The fourth-order valence-corrected chi connectivity index (χ4v) is 1.71. The number of nitrogens with zero attached hydrogens (tertiary/aromatic N) is 1. The van der Waals surface area contributed by atoms with Gasteiger partial charge in [0.25, 0.3) is 0 Å². The highest BCUT2D eigenvalue weighted by Gasteiger charge is 2.33. The van der Waals surface area contributed by atoms with Crippen molar-refractivity contribution in [1.82, 2.24) is 10.2 Å². The summed E-state index contributed by atoms with van der Waals surface area (Å²) >= 11 is 0. The molecule has 0 spiro atoms. The lowest BCUT2D eigenvalue weighted by molar-refractivity contribution is -0.137. The average molecular weight is 242 g/mol. The maximum atomic E-state index is 11.8. The van der Waals surface area contributed by atoms with Crippen molar-refractivity contribution >= 4 is 12.0 Å². The van der Waals surface area contributed by atoms with Gasteiger partial charge in [-0.2, -0.15) is 0 Å². The van der Waals surface area contributed by atoms with Crippen LogP contribution in [-0.4, -0.2) is 41.1 Å². The Morgan fingerprint density at radius 1 is 1.41 bits per heavy atom. The summed E-state index contributed by atoms with van der Waals surface area (Å²) in [5.41, 5.74) is 0. The summed E-state index contributed by atoms with van der Waals surface area (Å²) in [5.74, 6) is -0.320. The van der Waals surface area contributed by atoms with E-state index >= 15 is 0 Å². The second-order valence-electron chi connectivity index (χ2n) is 5.02. The average Bonchev–Trinajstić information content (AvgIpc) is 3.03. The largest absolute Gasteiger partial charge is 0.480 e. The van der Waals surface area contributed by atoms with Crippen LogP contribution in [0, 0.1) is 5.92 Å². The number of carbonyl (C=O) groups is 2. The van der Waals surface area contributed by atoms with Gasteiger partial charge >= 0.3 is 12.0 Å². The van der Waals surface area contributed by atoms with E-state index in [0.29, 0.717) is 12.5 Å². The molecule has 0 bridgehead atoms. The summed E-state index contributed by atoms with van der Waals surface area (Å²) < 4.78 is 0. The number of urea groups is 1. The molecule has 17 heavy (non-hydrogen) atoms. The van der Waals surface area contributed by atoms with E-state index in [1.54, 1.807) is 0 Å². The first-order valence-corrected chi connectivity index (χ1v) is 6.27. The van der Waals surface area contributed by atoms with Gasteiger partial charge in [0.1, 0.15) is 6.54 Å². The maximum absolute atomic E-state index is 11.8. The Labute approximate surface area is 102 Å². The van der Waals surface area contributed by atoms with Crippen LogP contribution in [0.3, 0.4) is 0 Å². The molecule has 0 aromatic heterocycles. The normalized spacial score (nSPS) is 14.8. The van der Waals surface area contributed by atoms with E-state index < -0.39 is 5.97 Å². The van der Waals surface area contributed by atoms with Gasteiger partial charge in [0, 0.05) is 12.6 Å². The smallest absolute Gasteiger partial charge is 0.323 e. The first kappa shape index (κ1) is 13.8. The quantitative estimate of drug-likeness (QED) is 0.667.